The molecule has 9 heteroatoms. The maximum absolute atomic E-state index is 12.8. The molecular formula is C19H22F2N4O3. The number of rotatable bonds is 9. The predicted octanol–water partition coefficient (Wildman–Crippen LogP) is 3.00. The molecule has 0 radical (unpaired) electrons. The molecule has 0 aliphatic rings. The SMILES string of the molecule is CC(=O)CNc1cc(C(=O)NC(C)c2ccc(OCC(C)(F)F)nc2)ccn1. The first kappa shape index (κ1) is 21.2. The van der Waals surface area contributed by atoms with Crippen molar-refractivity contribution in [3.8, 4) is 5.88 Å². The first-order chi connectivity index (χ1) is 13.1. The molecule has 2 rings (SSSR count). The molecule has 0 aliphatic carbocycles. The predicted molar refractivity (Wildman–Crippen MR) is 99.6 cm³/mol. The summed E-state index contributed by atoms with van der Waals surface area (Å²) in [4.78, 5) is 31.5. The number of carbonyl (C=O) groups is 2. The second-order valence-corrected chi connectivity index (χ2v) is 6.47. The van der Waals surface area contributed by atoms with Crippen LogP contribution in [0.1, 0.15) is 42.7 Å². The Morgan fingerprint density at radius 2 is 2.00 bits per heavy atom. The van der Waals surface area contributed by atoms with Gasteiger partial charge < -0.3 is 15.4 Å². The average molecular weight is 392 g/mol. The summed E-state index contributed by atoms with van der Waals surface area (Å²) in [7, 11) is 0. The van der Waals surface area contributed by atoms with Gasteiger partial charge in [-0.05, 0) is 31.5 Å². The second-order valence-electron chi connectivity index (χ2n) is 6.47. The summed E-state index contributed by atoms with van der Waals surface area (Å²) >= 11 is 0. The Labute approximate surface area is 161 Å². The number of hydrogen-bond acceptors (Lipinski definition) is 6. The fraction of sp³-hybridized carbons (Fsp3) is 0.368. The van der Waals surface area contributed by atoms with Gasteiger partial charge in [0.05, 0.1) is 12.6 Å². The molecule has 0 saturated carbocycles. The number of Topliss-reactive ketones (excluding diaryl/α,β-unsaturated/α-hetero) is 1. The van der Waals surface area contributed by atoms with Crippen LogP contribution in [0.4, 0.5) is 14.6 Å². The number of carbonyl (C=O) groups excluding carboxylic acids is 2. The van der Waals surface area contributed by atoms with Crippen LogP contribution in [0.2, 0.25) is 0 Å². The lowest BCUT2D eigenvalue weighted by atomic mass is 10.1. The lowest BCUT2D eigenvalue weighted by molar-refractivity contribution is -0.115. The maximum atomic E-state index is 12.8. The van der Waals surface area contributed by atoms with Gasteiger partial charge in [-0.2, -0.15) is 0 Å². The highest BCUT2D eigenvalue weighted by Gasteiger charge is 2.22. The zero-order chi connectivity index (χ0) is 20.7. The average Bonchev–Trinajstić information content (AvgIpc) is 2.64. The smallest absolute Gasteiger partial charge is 0.278 e. The van der Waals surface area contributed by atoms with E-state index >= 15 is 0 Å². The van der Waals surface area contributed by atoms with Crippen molar-refractivity contribution < 1.29 is 23.1 Å². The van der Waals surface area contributed by atoms with E-state index in [1.54, 1.807) is 25.1 Å². The molecule has 1 unspecified atom stereocenters. The van der Waals surface area contributed by atoms with Gasteiger partial charge >= 0.3 is 0 Å². The third-order valence-corrected chi connectivity index (χ3v) is 3.62. The Kier molecular flexibility index (Phi) is 6.97. The Balaban J connectivity index is 1.96. The van der Waals surface area contributed by atoms with E-state index in [9.17, 15) is 18.4 Å². The highest BCUT2D eigenvalue weighted by Crippen LogP contribution is 2.18. The molecule has 0 aliphatic heterocycles. The normalized spacial score (nSPS) is 12.2. The molecule has 7 nitrogen and oxygen atoms in total. The first-order valence-corrected chi connectivity index (χ1v) is 8.61. The molecule has 150 valence electrons. The van der Waals surface area contributed by atoms with Crippen LogP contribution in [-0.2, 0) is 4.79 Å². The quantitative estimate of drug-likeness (QED) is 0.681. The topological polar surface area (TPSA) is 93.2 Å². The molecule has 0 saturated heterocycles. The van der Waals surface area contributed by atoms with E-state index in [1.165, 1.54) is 25.4 Å². The number of alkyl halides is 2. The number of pyridine rings is 2. The highest BCUT2D eigenvalue weighted by molar-refractivity contribution is 5.95. The molecule has 0 fully saturated rings. The number of aromatic nitrogens is 2. The zero-order valence-corrected chi connectivity index (χ0v) is 15.8. The van der Waals surface area contributed by atoms with Crippen molar-refractivity contribution in [2.24, 2.45) is 0 Å². The summed E-state index contributed by atoms with van der Waals surface area (Å²) in [5, 5.41) is 5.65. The van der Waals surface area contributed by atoms with E-state index in [-0.39, 0.29) is 30.2 Å². The molecule has 1 amide bonds. The van der Waals surface area contributed by atoms with E-state index in [2.05, 4.69) is 20.6 Å². The van der Waals surface area contributed by atoms with E-state index < -0.39 is 12.5 Å². The summed E-state index contributed by atoms with van der Waals surface area (Å²) in [6, 6.07) is 5.85. The number of hydrogen-bond donors (Lipinski definition) is 2. The minimum atomic E-state index is -2.94. The van der Waals surface area contributed by atoms with Gasteiger partial charge in [0.15, 0.2) is 6.61 Å². The fourth-order valence-electron chi connectivity index (χ4n) is 2.18. The van der Waals surface area contributed by atoms with Crippen LogP contribution in [-0.4, -0.2) is 40.7 Å². The Morgan fingerprint density at radius 1 is 1.25 bits per heavy atom. The number of ketones is 1. The summed E-state index contributed by atoms with van der Waals surface area (Å²) < 4.78 is 30.5. The van der Waals surface area contributed by atoms with Crippen LogP contribution in [0.5, 0.6) is 5.88 Å². The van der Waals surface area contributed by atoms with Crippen molar-refractivity contribution in [3.63, 3.8) is 0 Å². The monoisotopic (exact) mass is 392 g/mol. The van der Waals surface area contributed by atoms with Crippen molar-refractivity contribution in [3.05, 3.63) is 47.8 Å². The number of nitrogens with zero attached hydrogens (tertiary/aromatic N) is 2. The number of ether oxygens (including phenoxy) is 1. The second kappa shape index (κ2) is 9.20. The summed E-state index contributed by atoms with van der Waals surface area (Å²) in [6.45, 7) is 3.35. The summed E-state index contributed by atoms with van der Waals surface area (Å²) in [5.41, 5.74) is 1.07. The standard InChI is InChI=1S/C19H22F2N4O3/c1-12(26)9-23-16-8-14(6-7-22-16)18(27)25-13(2)15-4-5-17(24-10-15)28-11-19(3,20)21/h4-8,10,13H,9,11H2,1-3H3,(H,22,23)(H,25,27). The molecule has 2 aromatic heterocycles. The molecule has 0 bridgehead atoms. The number of amides is 1. The van der Waals surface area contributed by atoms with Gasteiger partial charge in [0, 0.05) is 30.9 Å². The van der Waals surface area contributed by atoms with Gasteiger partial charge in [-0.25, -0.2) is 18.7 Å². The molecule has 2 heterocycles. The molecule has 28 heavy (non-hydrogen) atoms. The van der Waals surface area contributed by atoms with Crippen LogP contribution < -0.4 is 15.4 Å². The first-order valence-electron chi connectivity index (χ1n) is 8.61. The molecule has 2 aromatic rings. The van der Waals surface area contributed by atoms with Crippen LogP contribution in [0, 0.1) is 0 Å². The van der Waals surface area contributed by atoms with Gasteiger partial charge in [0.1, 0.15) is 11.6 Å². The Morgan fingerprint density at radius 3 is 2.61 bits per heavy atom. The van der Waals surface area contributed by atoms with Crippen molar-refractivity contribution in [2.45, 2.75) is 32.7 Å². The van der Waals surface area contributed by atoms with Crippen molar-refractivity contribution >= 4 is 17.5 Å². The van der Waals surface area contributed by atoms with Gasteiger partial charge in [-0.3, -0.25) is 9.59 Å². The van der Waals surface area contributed by atoms with Crippen LogP contribution in [0.25, 0.3) is 0 Å². The van der Waals surface area contributed by atoms with E-state index in [1.807, 2.05) is 0 Å². The van der Waals surface area contributed by atoms with Gasteiger partial charge in [-0.1, -0.05) is 6.07 Å². The van der Waals surface area contributed by atoms with E-state index in [0.29, 0.717) is 16.9 Å². The molecule has 1 atom stereocenters. The van der Waals surface area contributed by atoms with Crippen LogP contribution in [0.3, 0.4) is 0 Å². The Bertz CT molecular complexity index is 823. The largest absolute Gasteiger partial charge is 0.471 e. The lowest BCUT2D eigenvalue weighted by Crippen LogP contribution is -2.27. The number of anilines is 1. The van der Waals surface area contributed by atoms with Crippen LogP contribution >= 0.6 is 0 Å². The van der Waals surface area contributed by atoms with E-state index in [4.69, 9.17) is 4.74 Å². The number of nitrogens with one attached hydrogen (secondary N) is 2. The van der Waals surface area contributed by atoms with Crippen molar-refractivity contribution in [1.29, 1.82) is 0 Å². The minimum absolute atomic E-state index is 0.0483. The zero-order valence-electron chi connectivity index (χ0n) is 15.8. The van der Waals surface area contributed by atoms with E-state index in [0.717, 1.165) is 6.92 Å². The van der Waals surface area contributed by atoms with Crippen molar-refractivity contribution in [1.82, 2.24) is 15.3 Å². The van der Waals surface area contributed by atoms with Gasteiger partial charge in [0.25, 0.3) is 11.8 Å². The molecule has 0 aromatic carbocycles. The third kappa shape index (κ3) is 6.90. The maximum Gasteiger partial charge on any atom is 0.278 e. The Hall–Kier alpha value is -3.10. The molecule has 2 N–H and O–H groups in total. The lowest BCUT2D eigenvalue weighted by Gasteiger charge is -2.15. The fourth-order valence-corrected chi connectivity index (χ4v) is 2.18. The van der Waals surface area contributed by atoms with Gasteiger partial charge in [0.2, 0.25) is 5.88 Å². The molecular weight excluding hydrogens is 370 g/mol. The molecule has 0 spiro atoms. The third-order valence-electron chi connectivity index (χ3n) is 3.62. The van der Waals surface area contributed by atoms with Crippen molar-refractivity contribution in [2.75, 3.05) is 18.5 Å². The minimum Gasteiger partial charge on any atom is -0.471 e. The summed E-state index contributed by atoms with van der Waals surface area (Å²) in [5.74, 6) is -2.81. The summed E-state index contributed by atoms with van der Waals surface area (Å²) in [6.07, 6.45) is 2.93. The number of halogens is 2. The van der Waals surface area contributed by atoms with Crippen LogP contribution in [0.15, 0.2) is 36.7 Å². The van der Waals surface area contributed by atoms with Gasteiger partial charge in [-0.15, -0.1) is 0 Å². The highest BCUT2D eigenvalue weighted by atomic mass is 19.3.